The molecule has 8 nitrogen and oxygen atoms in total. The van der Waals surface area contributed by atoms with Crippen molar-refractivity contribution in [2.24, 2.45) is 10.7 Å². The molecule has 0 aliphatic carbocycles. The number of nitrogens with zero attached hydrogens (tertiary/aromatic N) is 3. The highest BCUT2D eigenvalue weighted by molar-refractivity contribution is 6.01. The number of aromatic nitrogens is 2. The molecule has 0 fully saturated rings. The molecule has 0 bridgehead atoms. The summed E-state index contributed by atoms with van der Waals surface area (Å²) in [7, 11) is 0. The van der Waals surface area contributed by atoms with Gasteiger partial charge in [0.05, 0.1) is 11.3 Å². The number of amidine groups is 1. The lowest BCUT2D eigenvalue weighted by Gasteiger charge is -2.08. The van der Waals surface area contributed by atoms with Crippen molar-refractivity contribution in [1.82, 2.24) is 15.8 Å². The minimum atomic E-state index is -4.44. The molecule has 1 unspecified atom stereocenters. The average Bonchev–Trinajstić information content (AvgIpc) is 2.98. The summed E-state index contributed by atoms with van der Waals surface area (Å²) in [5.74, 6) is 0.0303. The Morgan fingerprint density at radius 1 is 1.33 bits per heavy atom. The summed E-state index contributed by atoms with van der Waals surface area (Å²) in [5.41, 5.74) is 6.85. The SMILES string of the molecule is CC(N)CNc1nonc1C(=Nc1ccc(C(F)(F)F)cc1)NO. The van der Waals surface area contributed by atoms with Crippen LogP contribution < -0.4 is 16.5 Å². The Morgan fingerprint density at radius 3 is 2.54 bits per heavy atom. The van der Waals surface area contributed by atoms with Crippen molar-refractivity contribution in [3.63, 3.8) is 0 Å². The first-order chi connectivity index (χ1) is 11.3. The van der Waals surface area contributed by atoms with Crippen LogP contribution in [0.1, 0.15) is 18.2 Å². The van der Waals surface area contributed by atoms with E-state index in [1.54, 1.807) is 6.92 Å². The van der Waals surface area contributed by atoms with Crippen LogP contribution in [0.2, 0.25) is 0 Å². The highest BCUT2D eigenvalue weighted by Gasteiger charge is 2.30. The molecule has 0 aliphatic rings. The van der Waals surface area contributed by atoms with Gasteiger partial charge in [-0.05, 0) is 41.5 Å². The van der Waals surface area contributed by atoms with Crippen molar-refractivity contribution < 1.29 is 23.0 Å². The van der Waals surface area contributed by atoms with Crippen LogP contribution in [0.5, 0.6) is 0 Å². The van der Waals surface area contributed by atoms with Gasteiger partial charge in [0.1, 0.15) is 0 Å². The first-order valence-corrected chi connectivity index (χ1v) is 6.79. The Hall–Kier alpha value is -2.66. The van der Waals surface area contributed by atoms with Crippen molar-refractivity contribution in [3.05, 3.63) is 35.5 Å². The van der Waals surface area contributed by atoms with Gasteiger partial charge >= 0.3 is 6.18 Å². The molecule has 1 atom stereocenters. The third kappa shape index (κ3) is 4.43. The lowest BCUT2D eigenvalue weighted by atomic mass is 10.2. The Balaban J connectivity index is 2.25. The van der Waals surface area contributed by atoms with Gasteiger partial charge in [0.25, 0.3) is 0 Å². The van der Waals surface area contributed by atoms with Crippen LogP contribution in [-0.2, 0) is 6.18 Å². The second-order valence-corrected chi connectivity index (χ2v) is 4.94. The third-order valence-electron chi connectivity index (χ3n) is 2.85. The van der Waals surface area contributed by atoms with Crippen LogP contribution in [-0.4, -0.2) is 33.9 Å². The zero-order valence-corrected chi connectivity index (χ0v) is 12.5. The summed E-state index contributed by atoms with van der Waals surface area (Å²) in [6, 6.07) is 3.90. The van der Waals surface area contributed by atoms with E-state index < -0.39 is 11.7 Å². The fraction of sp³-hybridized carbons (Fsp3) is 0.308. The largest absolute Gasteiger partial charge is 0.416 e. The van der Waals surface area contributed by atoms with E-state index in [9.17, 15) is 18.4 Å². The molecule has 0 saturated carbocycles. The molecule has 130 valence electrons. The van der Waals surface area contributed by atoms with E-state index in [4.69, 9.17) is 5.73 Å². The lowest BCUT2D eigenvalue weighted by Crippen LogP contribution is -2.27. The lowest BCUT2D eigenvalue weighted by molar-refractivity contribution is -0.137. The van der Waals surface area contributed by atoms with Gasteiger partial charge in [-0.15, -0.1) is 0 Å². The molecule has 2 rings (SSSR count). The predicted octanol–water partition coefficient (Wildman–Crippen LogP) is 1.90. The van der Waals surface area contributed by atoms with Gasteiger partial charge in [0.15, 0.2) is 11.5 Å². The molecular formula is C13H15F3N6O2. The normalized spacial score (nSPS) is 13.7. The van der Waals surface area contributed by atoms with E-state index in [-0.39, 0.29) is 29.1 Å². The predicted molar refractivity (Wildman–Crippen MR) is 79.0 cm³/mol. The molecule has 1 heterocycles. The van der Waals surface area contributed by atoms with E-state index >= 15 is 0 Å². The average molecular weight is 344 g/mol. The molecule has 11 heteroatoms. The van der Waals surface area contributed by atoms with Gasteiger partial charge in [-0.3, -0.25) is 10.7 Å². The van der Waals surface area contributed by atoms with Crippen LogP contribution in [0.4, 0.5) is 24.7 Å². The summed E-state index contributed by atoms with van der Waals surface area (Å²) in [5, 5.41) is 19.3. The number of rotatable bonds is 5. The van der Waals surface area contributed by atoms with Crippen LogP contribution in [0.15, 0.2) is 33.9 Å². The summed E-state index contributed by atoms with van der Waals surface area (Å²) in [6.07, 6.45) is -4.44. The Kier molecular flexibility index (Phi) is 5.36. The minimum absolute atomic E-state index is 0.0537. The number of hydrogen-bond donors (Lipinski definition) is 4. The highest BCUT2D eigenvalue weighted by atomic mass is 19.4. The van der Waals surface area contributed by atoms with Crippen molar-refractivity contribution in [1.29, 1.82) is 0 Å². The van der Waals surface area contributed by atoms with Gasteiger partial charge in [-0.1, -0.05) is 0 Å². The van der Waals surface area contributed by atoms with Gasteiger partial charge in [0.2, 0.25) is 5.82 Å². The summed E-state index contributed by atoms with van der Waals surface area (Å²) in [6.45, 7) is 2.13. The molecule has 2 aromatic rings. The van der Waals surface area contributed by atoms with Gasteiger partial charge in [-0.2, -0.15) is 13.2 Å². The van der Waals surface area contributed by atoms with Crippen molar-refractivity contribution in [3.8, 4) is 0 Å². The standard InChI is InChI=1S/C13H15F3N6O2/c1-7(17)6-18-11-10(21-24-22-11)12(20-23)19-9-4-2-8(3-5-9)13(14,15)16/h2-5,7,23H,6,17H2,1H3,(H,18,22)(H,19,20). The first kappa shape index (κ1) is 17.7. The molecule has 0 saturated heterocycles. The van der Waals surface area contributed by atoms with Crippen molar-refractivity contribution in [2.45, 2.75) is 19.1 Å². The number of benzene rings is 1. The smallest absolute Gasteiger partial charge is 0.364 e. The van der Waals surface area contributed by atoms with E-state index in [1.807, 2.05) is 5.48 Å². The molecule has 24 heavy (non-hydrogen) atoms. The zero-order valence-electron chi connectivity index (χ0n) is 12.5. The Morgan fingerprint density at radius 2 is 2.00 bits per heavy atom. The maximum atomic E-state index is 12.5. The quantitative estimate of drug-likeness (QED) is 0.371. The Labute approximate surface area is 134 Å². The van der Waals surface area contributed by atoms with Gasteiger partial charge in [0, 0.05) is 12.6 Å². The summed E-state index contributed by atoms with van der Waals surface area (Å²) in [4.78, 5) is 3.98. The number of hydrogen-bond acceptors (Lipinski definition) is 7. The molecule has 0 amide bonds. The van der Waals surface area contributed by atoms with Gasteiger partial charge < -0.3 is 11.1 Å². The molecule has 0 spiro atoms. The van der Waals surface area contributed by atoms with E-state index in [1.165, 1.54) is 0 Å². The van der Waals surface area contributed by atoms with Crippen LogP contribution >= 0.6 is 0 Å². The topological polar surface area (TPSA) is 122 Å². The van der Waals surface area contributed by atoms with Crippen LogP contribution in [0.25, 0.3) is 0 Å². The van der Waals surface area contributed by atoms with Crippen LogP contribution in [0, 0.1) is 0 Å². The maximum absolute atomic E-state index is 12.5. The van der Waals surface area contributed by atoms with Gasteiger partial charge in [-0.25, -0.2) is 9.62 Å². The third-order valence-corrected chi connectivity index (χ3v) is 2.85. The fourth-order valence-corrected chi connectivity index (χ4v) is 1.70. The number of alkyl halides is 3. The summed E-state index contributed by atoms with van der Waals surface area (Å²) < 4.78 is 42.2. The Bertz CT molecular complexity index is 696. The molecular weight excluding hydrogens is 329 g/mol. The van der Waals surface area contributed by atoms with Crippen molar-refractivity contribution >= 4 is 17.3 Å². The molecule has 1 aromatic carbocycles. The highest BCUT2D eigenvalue weighted by Crippen LogP contribution is 2.30. The number of aliphatic imine (C=N–C) groups is 1. The maximum Gasteiger partial charge on any atom is 0.416 e. The van der Waals surface area contributed by atoms with E-state index in [0.717, 1.165) is 24.3 Å². The number of nitrogens with two attached hydrogens (primary N) is 1. The molecule has 0 aliphatic heterocycles. The number of hydroxylamine groups is 1. The second kappa shape index (κ2) is 7.27. The second-order valence-electron chi connectivity index (χ2n) is 4.94. The molecule has 5 N–H and O–H groups in total. The number of anilines is 1. The first-order valence-electron chi connectivity index (χ1n) is 6.79. The molecule has 0 radical (unpaired) electrons. The zero-order chi connectivity index (χ0) is 17.7. The fourth-order valence-electron chi connectivity index (χ4n) is 1.70. The summed E-state index contributed by atoms with van der Waals surface area (Å²) >= 11 is 0. The van der Waals surface area contributed by atoms with E-state index in [2.05, 4.69) is 25.3 Å². The minimum Gasteiger partial charge on any atom is -0.364 e. The number of nitrogens with one attached hydrogen (secondary N) is 2. The number of halogens is 3. The van der Waals surface area contributed by atoms with Crippen LogP contribution in [0.3, 0.4) is 0 Å². The van der Waals surface area contributed by atoms with Crippen molar-refractivity contribution in [2.75, 3.05) is 11.9 Å². The monoisotopic (exact) mass is 344 g/mol. The molecule has 1 aromatic heterocycles. The van der Waals surface area contributed by atoms with E-state index in [0.29, 0.717) is 6.54 Å².